The third-order valence-corrected chi connectivity index (χ3v) is 1.86. The van der Waals surface area contributed by atoms with Gasteiger partial charge in [-0.05, 0) is 0 Å². The molecule has 1 aromatic heterocycles. The van der Waals surface area contributed by atoms with Gasteiger partial charge in [0.15, 0.2) is 5.82 Å². The second-order valence-electron chi connectivity index (χ2n) is 3.01. The largest absolute Gasteiger partial charge is 0.370 e. The number of rotatable bonds is 5. The lowest BCUT2D eigenvalue weighted by atomic mass is 10.3. The van der Waals surface area contributed by atoms with Gasteiger partial charge in [0.05, 0.1) is 6.54 Å². The van der Waals surface area contributed by atoms with Gasteiger partial charge in [0.25, 0.3) is 5.91 Å². The number of methoxy groups -OCH3 is 1. The summed E-state index contributed by atoms with van der Waals surface area (Å²) in [5.74, 6) is 0.296. The van der Waals surface area contributed by atoms with E-state index in [1.165, 1.54) is 7.11 Å². The van der Waals surface area contributed by atoms with Crippen LogP contribution in [0.4, 0.5) is 0 Å². The maximum Gasteiger partial charge on any atom is 0.250 e. The number of nitrogens with two attached hydrogens (primary N) is 1. The van der Waals surface area contributed by atoms with Gasteiger partial charge < -0.3 is 15.8 Å². The fraction of sp³-hybridized carbons (Fsp3) is 0.625. The molecule has 1 unspecified atom stereocenters. The number of nitrogens with zero attached hydrogens (tertiary/aromatic N) is 3. The van der Waals surface area contributed by atoms with Crippen LogP contribution in [-0.4, -0.2) is 40.4 Å². The predicted octanol–water partition coefficient (Wildman–Crippen LogP) is -1.59. The molecule has 3 N–H and O–H groups in total. The van der Waals surface area contributed by atoms with E-state index in [-0.39, 0.29) is 19.0 Å². The third kappa shape index (κ3) is 3.30. The molecule has 0 radical (unpaired) electrons. The highest BCUT2D eigenvalue weighted by molar-refractivity contribution is 5.80. The summed E-state index contributed by atoms with van der Waals surface area (Å²) in [6.45, 7) is 0.428. The first-order chi connectivity index (χ1) is 7.17. The average molecular weight is 213 g/mol. The Morgan fingerprint density at radius 2 is 2.53 bits per heavy atom. The Balaban J connectivity index is 2.40. The Bertz CT molecular complexity index is 321. The van der Waals surface area contributed by atoms with E-state index in [9.17, 15) is 4.79 Å². The van der Waals surface area contributed by atoms with Crippen LogP contribution in [0.15, 0.2) is 6.33 Å². The van der Waals surface area contributed by atoms with E-state index in [2.05, 4.69) is 15.4 Å². The molecule has 0 bridgehead atoms. The monoisotopic (exact) mass is 213 g/mol. The first kappa shape index (κ1) is 11.6. The quantitative estimate of drug-likeness (QED) is 0.614. The summed E-state index contributed by atoms with van der Waals surface area (Å²) in [4.78, 5) is 15.4. The SMILES string of the molecule is COC(CN)C(=O)NCc1ncn(C)n1. The third-order valence-electron chi connectivity index (χ3n) is 1.86. The molecule has 1 amide bonds. The summed E-state index contributed by atoms with van der Waals surface area (Å²) in [5, 5.41) is 6.64. The summed E-state index contributed by atoms with van der Waals surface area (Å²) in [5.41, 5.74) is 5.34. The molecular weight excluding hydrogens is 198 g/mol. The van der Waals surface area contributed by atoms with Crippen molar-refractivity contribution in [3.05, 3.63) is 12.2 Å². The number of carbonyl (C=O) groups excluding carboxylic acids is 1. The van der Waals surface area contributed by atoms with Gasteiger partial charge >= 0.3 is 0 Å². The number of nitrogens with one attached hydrogen (secondary N) is 1. The van der Waals surface area contributed by atoms with Crippen LogP contribution in [0.2, 0.25) is 0 Å². The lowest BCUT2D eigenvalue weighted by molar-refractivity contribution is -0.130. The smallest absolute Gasteiger partial charge is 0.250 e. The van der Waals surface area contributed by atoms with E-state index < -0.39 is 6.10 Å². The van der Waals surface area contributed by atoms with Crippen LogP contribution in [-0.2, 0) is 23.1 Å². The van der Waals surface area contributed by atoms with Crippen LogP contribution in [0.25, 0.3) is 0 Å². The summed E-state index contributed by atoms with van der Waals surface area (Å²) in [6.07, 6.45) is 0.951. The van der Waals surface area contributed by atoms with Gasteiger partial charge in [0, 0.05) is 20.7 Å². The lowest BCUT2D eigenvalue weighted by Gasteiger charge is -2.11. The van der Waals surface area contributed by atoms with Crippen LogP contribution in [0.5, 0.6) is 0 Å². The van der Waals surface area contributed by atoms with Crippen molar-refractivity contribution in [3.63, 3.8) is 0 Å². The minimum Gasteiger partial charge on any atom is -0.370 e. The van der Waals surface area contributed by atoms with Crippen molar-refractivity contribution in [2.45, 2.75) is 12.6 Å². The fourth-order valence-electron chi connectivity index (χ4n) is 1.06. The van der Waals surface area contributed by atoms with Gasteiger partial charge in [0.2, 0.25) is 0 Å². The minimum absolute atomic E-state index is 0.151. The molecule has 0 aliphatic carbocycles. The highest BCUT2D eigenvalue weighted by Crippen LogP contribution is 1.90. The molecular formula is C8H15N5O2. The maximum atomic E-state index is 11.4. The fourth-order valence-corrected chi connectivity index (χ4v) is 1.06. The van der Waals surface area contributed by atoms with Crippen molar-refractivity contribution in [2.75, 3.05) is 13.7 Å². The Kier molecular flexibility index (Phi) is 4.19. The molecule has 0 spiro atoms. The normalized spacial score (nSPS) is 12.5. The molecule has 0 saturated heterocycles. The van der Waals surface area contributed by atoms with E-state index in [1.54, 1.807) is 18.1 Å². The van der Waals surface area contributed by atoms with E-state index >= 15 is 0 Å². The Morgan fingerprint density at radius 1 is 1.80 bits per heavy atom. The molecule has 1 rings (SSSR count). The molecule has 0 aromatic carbocycles. The number of amides is 1. The van der Waals surface area contributed by atoms with Crippen LogP contribution in [0.3, 0.4) is 0 Å². The van der Waals surface area contributed by atoms with Gasteiger partial charge in [-0.3, -0.25) is 9.48 Å². The summed E-state index contributed by atoms with van der Waals surface area (Å²) < 4.78 is 6.44. The van der Waals surface area contributed by atoms with Crippen molar-refractivity contribution >= 4 is 5.91 Å². The summed E-state index contributed by atoms with van der Waals surface area (Å²) in [7, 11) is 3.20. The second kappa shape index (κ2) is 5.42. The number of carbonyl (C=O) groups is 1. The zero-order valence-electron chi connectivity index (χ0n) is 8.80. The Hall–Kier alpha value is -1.47. The average Bonchev–Trinajstić information content (AvgIpc) is 2.63. The summed E-state index contributed by atoms with van der Waals surface area (Å²) >= 11 is 0. The van der Waals surface area contributed by atoms with Crippen LogP contribution in [0, 0.1) is 0 Å². The second-order valence-corrected chi connectivity index (χ2v) is 3.01. The first-order valence-electron chi connectivity index (χ1n) is 4.52. The van der Waals surface area contributed by atoms with E-state index in [1.807, 2.05) is 0 Å². The van der Waals surface area contributed by atoms with Crippen molar-refractivity contribution in [3.8, 4) is 0 Å². The molecule has 84 valence electrons. The molecule has 0 aliphatic heterocycles. The van der Waals surface area contributed by atoms with Crippen LogP contribution < -0.4 is 11.1 Å². The maximum absolute atomic E-state index is 11.4. The van der Waals surface area contributed by atoms with Crippen molar-refractivity contribution < 1.29 is 9.53 Å². The zero-order chi connectivity index (χ0) is 11.3. The highest BCUT2D eigenvalue weighted by Gasteiger charge is 2.15. The number of hydrogen-bond acceptors (Lipinski definition) is 5. The van der Waals surface area contributed by atoms with Gasteiger partial charge in [-0.25, -0.2) is 4.98 Å². The Morgan fingerprint density at radius 3 is 3.00 bits per heavy atom. The molecule has 7 nitrogen and oxygen atoms in total. The topological polar surface area (TPSA) is 95.1 Å². The van der Waals surface area contributed by atoms with Gasteiger partial charge in [-0.15, -0.1) is 0 Å². The van der Waals surface area contributed by atoms with Crippen LogP contribution >= 0.6 is 0 Å². The zero-order valence-corrected chi connectivity index (χ0v) is 8.80. The van der Waals surface area contributed by atoms with E-state index in [4.69, 9.17) is 10.5 Å². The van der Waals surface area contributed by atoms with Gasteiger partial charge in [-0.1, -0.05) is 0 Å². The van der Waals surface area contributed by atoms with Crippen molar-refractivity contribution in [2.24, 2.45) is 12.8 Å². The molecule has 1 aromatic rings. The highest BCUT2D eigenvalue weighted by atomic mass is 16.5. The standard InChI is InChI=1S/C8H15N5O2/c1-13-5-11-7(12-13)4-10-8(14)6(3-9)15-2/h5-6H,3-4,9H2,1-2H3,(H,10,14). The first-order valence-corrected chi connectivity index (χ1v) is 4.52. The lowest BCUT2D eigenvalue weighted by Crippen LogP contribution is -2.40. The predicted molar refractivity (Wildman–Crippen MR) is 52.7 cm³/mol. The molecule has 0 fully saturated rings. The number of ether oxygens (including phenoxy) is 1. The van der Waals surface area contributed by atoms with Crippen LogP contribution in [0.1, 0.15) is 5.82 Å². The Labute approximate surface area is 87.6 Å². The molecule has 0 aliphatic rings. The van der Waals surface area contributed by atoms with E-state index in [0.29, 0.717) is 5.82 Å². The van der Waals surface area contributed by atoms with E-state index in [0.717, 1.165) is 0 Å². The minimum atomic E-state index is -0.617. The van der Waals surface area contributed by atoms with Gasteiger partial charge in [-0.2, -0.15) is 5.10 Å². The molecule has 7 heteroatoms. The molecule has 1 atom stereocenters. The molecule has 15 heavy (non-hydrogen) atoms. The van der Waals surface area contributed by atoms with Crippen molar-refractivity contribution in [1.29, 1.82) is 0 Å². The molecule has 1 heterocycles. The van der Waals surface area contributed by atoms with Gasteiger partial charge in [0.1, 0.15) is 12.4 Å². The number of hydrogen-bond donors (Lipinski definition) is 2. The van der Waals surface area contributed by atoms with Crippen molar-refractivity contribution in [1.82, 2.24) is 20.1 Å². The number of aryl methyl sites for hydroxylation is 1. The summed E-state index contributed by atoms with van der Waals surface area (Å²) in [6, 6.07) is 0. The molecule has 0 saturated carbocycles. The number of aromatic nitrogens is 3.